The van der Waals surface area contributed by atoms with Gasteiger partial charge in [0.25, 0.3) is 0 Å². The van der Waals surface area contributed by atoms with Gasteiger partial charge in [-0.15, -0.1) is 0 Å². The van der Waals surface area contributed by atoms with Crippen LogP contribution in [0.5, 0.6) is 0 Å². The van der Waals surface area contributed by atoms with E-state index in [0.29, 0.717) is 17.7 Å². The van der Waals surface area contributed by atoms with Crippen LogP contribution < -0.4 is 0 Å². The van der Waals surface area contributed by atoms with Crippen molar-refractivity contribution in [2.75, 3.05) is 20.3 Å². The van der Waals surface area contributed by atoms with Gasteiger partial charge in [-0.3, -0.25) is 0 Å². The van der Waals surface area contributed by atoms with Gasteiger partial charge in [0.1, 0.15) is 6.61 Å². The number of carbonyl (C=O) groups is 1. The highest BCUT2D eigenvalue weighted by Crippen LogP contribution is 2.17. The average molecular weight is 334 g/mol. The average Bonchev–Trinajstić information content (AvgIpc) is 2.55. The van der Waals surface area contributed by atoms with E-state index in [4.69, 9.17) is 9.47 Å². The smallest absolute Gasteiger partial charge is 0.338 e. The fourth-order valence-corrected chi connectivity index (χ4v) is 3.38. The first kappa shape index (κ1) is 17.2. The summed E-state index contributed by atoms with van der Waals surface area (Å²) in [5, 5.41) is 0. The molecule has 0 saturated heterocycles. The maximum atomic E-state index is 12.4. The van der Waals surface area contributed by atoms with Crippen LogP contribution >= 0.6 is 0 Å². The van der Waals surface area contributed by atoms with Gasteiger partial charge in [-0.25, -0.2) is 13.2 Å². The SMILES string of the molecule is COCCOC(=O)c1cccc(CS(=O)(=O)c2ccccc2)c1. The molecule has 0 aliphatic carbocycles. The van der Waals surface area contributed by atoms with Gasteiger partial charge < -0.3 is 9.47 Å². The molecule has 0 spiro atoms. The molecular formula is C17H18O5S. The summed E-state index contributed by atoms with van der Waals surface area (Å²) in [7, 11) is -1.93. The molecule has 2 aromatic rings. The lowest BCUT2D eigenvalue weighted by molar-refractivity contribution is 0.0388. The first-order valence-corrected chi connectivity index (χ1v) is 8.71. The number of rotatable bonds is 7. The van der Waals surface area contributed by atoms with E-state index < -0.39 is 15.8 Å². The van der Waals surface area contributed by atoms with Crippen LogP contribution in [0, 0.1) is 0 Å². The first-order valence-electron chi connectivity index (χ1n) is 7.06. The highest BCUT2D eigenvalue weighted by molar-refractivity contribution is 7.90. The normalized spacial score (nSPS) is 11.2. The summed E-state index contributed by atoms with van der Waals surface area (Å²) < 4.78 is 34.6. The van der Waals surface area contributed by atoms with Crippen molar-refractivity contribution in [2.24, 2.45) is 0 Å². The molecule has 122 valence electrons. The van der Waals surface area contributed by atoms with Crippen LogP contribution in [0.2, 0.25) is 0 Å². The molecule has 0 unspecified atom stereocenters. The van der Waals surface area contributed by atoms with Gasteiger partial charge in [0.05, 0.1) is 22.8 Å². The summed E-state index contributed by atoms with van der Waals surface area (Å²) in [4.78, 5) is 12.1. The van der Waals surface area contributed by atoms with Crippen LogP contribution in [0.25, 0.3) is 0 Å². The zero-order valence-electron chi connectivity index (χ0n) is 12.8. The van der Waals surface area contributed by atoms with Crippen molar-refractivity contribution in [1.29, 1.82) is 0 Å². The van der Waals surface area contributed by atoms with Gasteiger partial charge in [-0.05, 0) is 29.8 Å². The van der Waals surface area contributed by atoms with Crippen molar-refractivity contribution in [2.45, 2.75) is 10.6 Å². The Morgan fingerprint density at radius 1 is 1.00 bits per heavy atom. The Balaban J connectivity index is 2.12. The van der Waals surface area contributed by atoms with Gasteiger partial charge in [0.15, 0.2) is 9.84 Å². The maximum absolute atomic E-state index is 12.4. The molecule has 0 N–H and O–H groups in total. The lowest BCUT2D eigenvalue weighted by Gasteiger charge is -2.07. The standard InChI is InChI=1S/C17H18O5S/c1-21-10-11-22-17(18)15-7-5-6-14(12-15)13-23(19,20)16-8-3-2-4-9-16/h2-9,12H,10-11,13H2,1H3. The minimum absolute atomic E-state index is 0.155. The van der Waals surface area contributed by atoms with E-state index in [1.54, 1.807) is 48.5 Å². The summed E-state index contributed by atoms with van der Waals surface area (Å²) in [6.07, 6.45) is 0. The Hall–Kier alpha value is -2.18. The van der Waals surface area contributed by atoms with E-state index in [0.717, 1.165) is 0 Å². The molecule has 5 nitrogen and oxygen atoms in total. The highest BCUT2D eigenvalue weighted by Gasteiger charge is 2.16. The van der Waals surface area contributed by atoms with E-state index in [-0.39, 0.29) is 17.3 Å². The maximum Gasteiger partial charge on any atom is 0.338 e. The summed E-state index contributed by atoms with van der Waals surface area (Å²) >= 11 is 0. The van der Waals surface area contributed by atoms with Crippen LogP contribution in [-0.2, 0) is 25.1 Å². The molecule has 0 heterocycles. The number of esters is 1. The van der Waals surface area contributed by atoms with E-state index >= 15 is 0 Å². The van der Waals surface area contributed by atoms with Crippen molar-refractivity contribution >= 4 is 15.8 Å². The molecule has 0 aliphatic rings. The molecule has 0 aromatic heterocycles. The molecule has 0 radical (unpaired) electrons. The number of carbonyl (C=O) groups excluding carboxylic acids is 1. The van der Waals surface area contributed by atoms with E-state index in [9.17, 15) is 13.2 Å². The molecule has 0 atom stereocenters. The Morgan fingerprint density at radius 2 is 1.74 bits per heavy atom. The molecule has 2 aromatic carbocycles. The summed E-state index contributed by atoms with van der Waals surface area (Å²) in [6.45, 7) is 0.468. The molecule has 23 heavy (non-hydrogen) atoms. The molecule has 0 fully saturated rings. The number of benzene rings is 2. The summed E-state index contributed by atoms with van der Waals surface area (Å²) in [5.41, 5.74) is 0.858. The monoisotopic (exact) mass is 334 g/mol. The molecule has 6 heteroatoms. The van der Waals surface area contributed by atoms with E-state index in [1.165, 1.54) is 13.2 Å². The quantitative estimate of drug-likeness (QED) is 0.575. The largest absolute Gasteiger partial charge is 0.460 e. The number of sulfone groups is 1. The molecule has 0 saturated carbocycles. The fourth-order valence-electron chi connectivity index (χ4n) is 2.02. The minimum Gasteiger partial charge on any atom is -0.460 e. The zero-order valence-corrected chi connectivity index (χ0v) is 13.6. The second-order valence-electron chi connectivity index (χ2n) is 4.90. The summed E-state index contributed by atoms with van der Waals surface area (Å²) in [6, 6.07) is 14.7. The molecule has 0 aliphatic heterocycles. The molecular weight excluding hydrogens is 316 g/mol. The second kappa shape index (κ2) is 7.89. The third kappa shape index (κ3) is 4.91. The van der Waals surface area contributed by atoms with Crippen LogP contribution in [0.4, 0.5) is 0 Å². The van der Waals surface area contributed by atoms with Gasteiger partial charge in [0, 0.05) is 7.11 Å². The second-order valence-corrected chi connectivity index (χ2v) is 6.89. The van der Waals surface area contributed by atoms with Crippen molar-refractivity contribution in [3.8, 4) is 0 Å². The molecule has 2 rings (SSSR count). The van der Waals surface area contributed by atoms with Crippen molar-refractivity contribution in [3.05, 3.63) is 65.7 Å². The van der Waals surface area contributed by atoms with Gasteiger partial charge in [-0.1, -0.05) is 30.3 Å². The van der Waals surface area contributed by atoms with Gasteiger partial charge in [-0.2, -0.15) is 0 Å². The molecule has 0 amide bonds. The Labute approximate surface area is 135 Å². The van der Waals surface area contributed by atoms with Crippen LogP contribution in [0.3, 0.4) is 0 Å². The van der Waals surface area contributed by atoms with Crippen molar-refractivity contribution < 1.29 is 22.7 Å². The molecule has 0 bridgehead atoms. The number of ether oxygens (including phenoxy) is 2. The number of hydrogen-bond acceptors (Lipinski definition) is 5. The van der Waals surface area contributed by atoms with Gasteiger partial charge in [0.2, 0.25) is 0 Å². The van der Waals surface area contributed by atoms with Gasteiger partial charge >= 0.3 is 5.97 Å². The Kier molecular flexibility index (Phi) is 5.90. The van der Waals surface area contributed by atoms with Crippen molar-refractivity contribution in [3.63, 3.8) is 0 Å². The zero-order chi connectivity index (χ0) is 16.7. The Morgan fingerprint density at radius 3 is 2.43 bits per heavy atom. The Bertz CT molecular complexity index is 754. The van der Waals surface area contributed by atoms with E-state index in [1.807, 2.05) is 0 Å². The third-order valence-electron chi connectivity index (χ3n) is 3.14. The van der Waals surface area contributed by atoms with Crippen LogP contribution in [-0.4, -0.2) is 34.7 Å². The predicted octanol–water partition coefficient (Wildman–Crippen LogP) is 2.46. The first-order chi connectivity index (χ1) is 11.0. The lowest BCUT2D eigenvalue weighted by Crippen LogP contribution is -2.11. The third-order valence-corrected chi connectivity index (χ3v) is 4.85. The van der Waals surface area contributed by atoms with Crippen LogP contribution in [0.1, 0.15) is 15.9 Å². The van der Waals surface area contributed by atoms with E-state index in [2.05, 4.69) is 0 Å². The van der Waals surface area contributed by atoms with Crippen molar-refractivity contribution in [1.82, 2.24) is 0 Å². The van der Waals surface area contributed by atoms with Crippen LogP contribution in [0.15, 0.2) is 59.5 Å². The number of hydrogen-bond donors (Lipinski definition) is 0. The topological polar surface area (TPSA) is 69.7 Å². The predicted molar refractivity (Wildman–Crippen MR) is 85.9 cm³/mol. The fraction of sp³-hybridized carbons (Fsp3) is 0.235. The number of methoxy groups -OCH3 is 1. The highest BCUT2D eigenvalue weighted by atomic mass is 32.2. The summed E-state index contributed by atoms with van der Waals surface area (Å²) in [5.74, 6) is -0.669. The lowest BCUT2D eigenvalue weighted by atomic mass is 10.1. The minimum atomic E-state index is -3.45.